The summed E-state index contributed by atoms with van der Waals surface area (Å²) >= 11 is 0. The number of carbonyl (C=O) groups excluding carboxylic acids is 1. The van der Waals surface area contributed by atoms with Crippen molar-refractivity contribution in [3.8, 4) is 11.5 Å². The van der Waals surface area contributed by atoms with E-state index in [1.807, 2.05) is 0 Å². The van der Waals surface area contributed by atoms with Gasteiger partial charge in [0.05, 0.1) is 19.8 Å². The predicted octanol–water partition coefficient (Wildman–Crippen LogP) is 1.40. The maximum atomic E-state index is 10.5. The average Bonchev–Trinajstić information content (AvgIpc) is 2.52. The summed E-state index contributed by atoms with van der Waals surface area (Å²) in [6.45, 7) is 13.5. The van der Waals surface area contributed by atoms with Crippen LogP contribution in [-0.4, -0.2) is 20.5 Å². The number of hydrogen-bond donors (Lipinski definition) is 0. The van der Waals surface area contributed by atoms with Gasteiger partial charge in [0.25, 0.3) is 0 Å². The Kier molecular flexibility index (Phi) is 29.4. The Balaban J connectivity index is -0.000000142. The monoisotopic (exact) mass is 302 g/mol. The molecule has 0 aliphatic rings. The molecule has 0 aliphatic heterocycles. The Morgan fingerprint density at radius 1 is 1.00 bits per heavy atom. The molecule has 0 unspecified atom stereocenters. The van der Waals surface area contributed by atoms with E-state index in [4.69, 9.17) is 23.4 Å². The van der Waals surface area contributed by atoms with Crippen molar-refractivity contribution >= 4 is 6.29 Å². The third kappa shape index (κ3) is 11.1. The molecule has 1 rings (SSSR count). The first-order valence-corrected chi connectivity index (χ1v) is 4.10. The molecule has 6 nitrogen and oxygen atoms in total. The molecular formula is C12H10CrO6. The van der Waals surface area contributed by atoms with Crippen LogP contribution < -0.4 is 9.47 Å². The van der Waals surface area contributed by atoms with E-state index < -0.39 is 0 Å². The van der Waals surface area contributed by atoms with E-state index in [2.05, 4.69) is 20.0 Å². The summed E-state index contributed by atoms with van der Waals surface area (Å²) in [7, 11) is 3.07. The number of rotatable bonds is 3. The first kappa shape index (κ1) is 25.9. The molecule has 19 heavy (non-hydrogen) atoms. The van der Waals surface area contributed by atoms with Gasteiger partial charge >= 0.3 is 33.9 Å². The minimum absolute atomic E-state index is 0. The van der Waals surface area contributed by atoms with Gasteiger partial charge in [-0.2, -0.15) is 0 Å². The van der Waals surface area contributed by atoms with Crippen LogP contribution in [0.2, 0.25) is 0 Å². The number of carbonyl (C=O) groups is 1. The van der Waals surface area contributed by atoms with Crippen LogP contribution in [0.25, 0.3) is 0 Å². The Labute approximate surface area is 122 Å². The van der Waals surface area contributed by atoms with Gasteiger partial charge < -0.3 is 9.47 Å². The Bertz CT molecular complexity index is 383. The van der Waals surface area contributed by atoms with Gasteiger partial charge in [0.2, 0.25) is 0 Å². The first-order chi connectivity index (χ1) is 8.81. The zero-order chi connectivity index (χ0) is 15.0. The summed E-state index contributed by atoms with van der Waals surface area (Å²) in [5.41, 5.74) is 0.497. The number of methoxy groups -OCH3 is 2. The summed E-state index contributed by atoms with van der Waals surface area (Å²) in [5.74, 6) is 1.21. The second-order valence-corrected chi connectivity index (χ2v) is 2.23. The van der Waals surface area contributed by atoms with Crippen molar-refractivity contribution in [1.29, 1.82) is 0 Å². The van der Waals surface area contributed by atoms with Crippen LogP contribution in [0.3, 0.4) is 0 Å². The van der Waals surface area contributed by atoms with Crippen LogP contribution >= 0.6 is 0 Å². The van der Waals surface area contributed by atoms with Crippen molar-refractivity contribution in [2.24, 2.45) is 0 Å². The Morgan fingerprint density at radius 3 is 1.79 bits per heavy atom. The molecule has 0 spiro atoms. The summed E-state index contributed by atoms with van der Waals surface area (Å²) in [6, 6.07) is 5.07. The minimum Gasteiger partial charge on any atom is 0 e. The molecule has 1 aromatic carbocycles. The molecule has 0 N–H and O–H groups in total. The molecule has 0 atom stereocenters. The number of ether oxygens (including phenoxy) is 2. The number of aldehydes is 1. The molecule has 7 heteroatoms. The third-order valence-corrected chi connectivity index (χ3v) is 1.56. The van der Waals surface area contributed by atoms with Crippen LogP contribution in [0.1, 0.15) is 10.4 Å². The predicted molar refractivity (Wildman–Crippen MR) is 56.7 cm³/mol. The molecule has 0 aliphatic carbocycles. The maximum absolute atomic E-state index is 10.5. The third-order valence-electron chi connectivity index (χ3n) is 1.56. The molecule has 0 heterocycles. The van der Waals surface area contributed by atoms with Gasteiger partial charge in [0.15, 0.2) is 6.29 Å². The van der Waals surface area contributed by atoms with E-state index in [9.17, 15) is 4.79 Å². The zero-order valence-corrected chi connectivity index (χ0v) is 11.4. The van der Waals surface area contributed by atoms with Crippen molar-refractivity contribution in [2.45, 2.75) is 0 Å². The smallest absolute Gasteiger partial charge is 0 e. The van der Waals surface area contributed by atoms with Gasteiger partial charge in [-0.1, -0.05) is 0 Å². The standard InChI is InChI=1S/C9H10O3.3CO.Cr/c1-11-8-3-4-9(12-2)7(5-8)6-10;3*1-2;/h3-6H,1-2H3;;;;. The van der Waals surface area contributed by atoms with E-state index in [-0.39, 0.29) is 17.4 Å². The van der Waals surface area contributed by atoms with Crippen molar-refractivity contribution < 1.29 is 45.6 Å². The van der Waals surface area contributed by atoms with Crippen molar-refractivity contribution in [3.05, 3.63) is 43.7 Å². The second-order valence-electron chi connectivity index (χ2n) is 2.23. The van der Waals surface area contributed by atoms with Gasteiger partial charge in [-0.25, -0.2) is 0 Å². The van der Waals surface area contributed by atoms with Gasteiger partial charge in [0.1, 0.15) is 11.5 Å². The SMILES string of the molecule is COc1ccc(OC)c(C=O)c1.[C-]#[O+].[C-]#[O+].[C-]#[O+].[Cr]. The van der Waals surface area contributed by atoms with E-state index in [0.717, 1.165) is 6.29 Å². The molecule has 0 fully saturated rings. The van der Waals surface area contributed by atoms with Crippen LogP contribution in [-0.2, 0) is 31.3 Å². The van der Waals surface area contributed by atoms with Gasteiger partial charge in [-0.05, 0) is 18.2 Å². The Morgan fingerprint density at radius 2 is 1.47 bits per heavy atom. The quantitative estimate of drug-likeness (QED) is 0.479. The van der Waals surface area contributed by atoms with Gasteiger partial charge in [-0.3, -0.25) is 4.79 Å². The fraction of sp³-hybridized carbons (Fsp3) is 0.167. The van der Waals surface area contributed by atoms with Crippen molar-refractivity contribution in [3.63, 3.8) is 0 Å². The normalized spacial score (nSPS) is 6.11. The van der Waals surface area contributed by atoms with Crippen molar-refractivity contribution in [1.82, 2.24) is 0 Å². The summed E-state index contributed by atoms with van der Waals surface area (Å²) < 4.78 is 32.4. The van der Waals surface area contributed by atoms with E-state index in [1.165, 1.54) is 7.11 Å². The molecule has 0 amide bonds. The van der Waals surface area contributed by atoms with Crippen LogP contribution in [0.5, 0.6) is 11.5 Å². The summed E-state index contributed by atoms with van der Waals surface area (Å²) in [4.78, 5) is 10.5. The summed E-state index contributed by atoms with van der Waals surface area (Å²) in [5, 5.41) is 0. The largest absolute Gasteiger partial charge is 0 e. The van der Waals surface area contributed by atoms with E-state index in [1.54, 1.807) is 25.3 Å². The van der Waals surface area contributed by atoms with E-state index in [0.29, 0.717) is 17.1 Å². The fourth-order valence-electron chi connectivity index (χ4n) is 0.932. The van der Waals surface area contributed by atoms with Gasteiger partial charge in [0, 0.05) is 17.4 Å². The second kappa shape index (κ2) is 21.5. The van der Waals surface area contributed by atoms with Crippen LogP contribution in [0.4, 0.5) is 0 Å². The number of hydrogen-bond acceptors (Lipinski definition) is 3. The topological polar surface area (TPSA) is 95.2 Å². The average molecular weight is 302 g/mol. The molecule has 0 aromatic heterocycles. The molecule has 0 saturated heterocycles. The molecule has 0 bridgehead atoms. The molecule has 1 aromatic rings. The molecule has 0 radical (unpaired) electrons. The Hall–Kier alpha value is -1.76. The molecular weight excluding hydrogens is 292 g/mol. The van der Waals surface area contributed by atoms with Crippen LogP contribution in [0, 0.1) is 20.0 Å². The first-order valence-electron chi connectivity index (χ1n) is 4.10. The minimum atomic E-state index is 0. The maximum Gasteiger partial charge on any atom is 0 e. The summed E-state index contributed by atoms with van der Waals surface area (Å²) in [6.07, 6.45) is 0.737. The molecule has 100 valence electrons. The number of benzene rings is 1. The molecule has 0 saturated carbocycles. The fourth-order valence-corrected chi connectivity index (χ4v) is 0.932. The zero-order valence-electron chi connectivity index (χ0n) is 10.2. The van der Waals surface area contributed by atoms with E-state index >= 15 is 0 Å². The van der Waals surface area contributed by atoms with Gasteiger partial charge in [-0.15, -0.1) is 0 Å². The van der Waals surface area contributed by atoms with Crippen molar-refractivity contribution in [2.75, 3.05) is 14.2 Å². The van der Waals surface area contributed by atoms with Crippen LogP contribution in [0.15, 0.2) is 18.2 Å².